The lowest BCUT2D eigenvalue weighted by Gasteiger charge is -2.22. The lowest BCUT2D eigenvalue weighted by Crippen LogP contribution is -2.24. The van der Waals surface area contributed by atoms with Crippen LogP contribution in [0.5, 0.6) is 5.88 Å². The van der Waals surface area contributed by atoms with Gasteiger partial charge in [0.25, 0.3) is 0 Å². The van der Waals surface area contributed by atoms with Crippen molar-refractivity contribution in [1.29, 1.82) is 5.26 Å². The molecule has 0 saturated carbocycles. The maximum Gasteiger partial charge on any atom is 0.198 e. The zero-order chi connectivity index (χ0) is 23.9. The molecule has 4 aromatic rings. The van der Waals surface area contributed by atoms with Gasteiger partial charge in [-0.15, -0.1) is 0 Å². The molecule has 0 saturated heterocycles. The Kier molecular flexibility index (Phi) is 7.26. The number of hydrogen-bond donors (Lipinski definition) is 3. The van der Waals surface area contributed by atoms with Crippen molar-refractivity contribution in [3.05, 3.63) is 89.5 Å². The van der Waals surface area contributed by atoms with Crippen LogP contribution in [0.25, 0.3) is 10.9 Å². The standard InChI is InChI=1S/C28H29N5O/c1-20(27-25-17-23(30)11-14-26(25)32-28(27)34)31-24-12-9-22(10-13-24)19-33(16-6-5-15-29)18-21-7-3-2-4-8-21/h2-4,7-14,17,32,34H,5-6,16,18-19,30H2,1H3. The van der Waals surface area contributed by atoms with Crippen molar-refractivity contribution in [2.75, 3.05) is 12.3 Å². The van der Waals surface area contributed by atoms with Crippen LogP contribution in [0, 0.1) is 11.3 Å². The third-order valence-corrected chi connectivity index (χ3v) is 5.82. The van der Waals surface area contributed by atoms with E-state index in [1.54, 1.807) is 6.07 Å². The van der Waals surface area contributed by atoms with Gasteiger partial charge in [0.1, 0.15) is 0 Å². The minimum atomic E-state index is 0.0902. The predicted octanol–water partition coefficient (Wildman–Crippen LogP) is 5.90. The Labute approximate surface area is 200 Å². The number of hydrogen-bond acceptors (Lipinski definition) is 5. The molecule has 0 amide bonds. The van der Waals surface area contributed by atoms with E-state index in [9.17, 15) is 5.11 Å². The van der Waals surface area contributed by atoms with E-state index in [0.29, 0.717) is 23.4 Å². The summed E-state index contributed by atoms with van der Waals surface area (Å²) in [5.74, 6) is 0.0902. The third-order valence-electron chi connectivity index (χ3n) is 5.82. The highest BCUT2D eigenvalue weighted by Gasteiger charge is 2.14. The summed E-state index contributed by atoms with van der Waals surface area (Å²) in [4.78, 5) is 10.1. The Morgan fingerprint density at radius 1 is 1.03 bits per heavy atom. The van der Waals surface area contributed by atoms with E-state index in [4.69, 9.17) is 16.0 Å². The lowest BCUT2D eigenvalue weighted by atomic mass is 10.1. The van der Waals surface area contributed by atoms with Gasteiger partial charge >= 0.3 is 0 Å². The van der Waals surface area contributed by atoms with Crippen molar-refractivity contribution in [3.8, 4) is 11.9 Å². The first-order valence-corrected chi connectivity index (χ1v) is 11.4. The summed E-state index contributed by atoms with van der Waals surface area (Å²) in [6.07, 6.45) is 1.41. The molecule has 0 fully saturated rings. The predicted molar refractivity (Wildman–Crippen MR) is 138 cm³/mol. The summed E-state index contributed by atoms with van der Waals surface area (Å²) in [5, 5.41) is 20.2. The molecule has 0 atom stereocenters. The van der Waals surface area contributed by atoms with Crippen LogP contribution in [0.4, 0.5) is 11.4 Å². The minimum absolute atomic E-state index is 0.0902. The van der Waals surface area contributed by atoms with Gasteiger partial charge in [-0.1, -0.05) is 42.5 Å². The third kappa shape index (κ3) is 5.64. The number of nitriles is 1. The summed E-state index contributed by atoms with van der Waals surface area (Å²) >= 11 is 0. The lowest BCUT2D eigenvalue weighted by molar-refractivity contribution is 0.254. The number of nitrogens with two attached hydrogens (primary N) is 1. The topological polar surface area (TPSA) is 101 Å². The molecule has 0 bridgehead atoms. The molecule has 4 rings (SSSR count). The SMILES string of the molecule is CC(=Nc1ccc(CN(CCCC#N)Cc2ccccc2)cc1)c1c(O)[nH]c2ccc(N)cc12. The Morgan fingerprint density at radius 2 is 1.74 bits per heavy atom. The first-order chi connectivity index (χ1) is 16.5. The average molecular weight is 452 g/mol. The zero-order valence-corrected chi connectivity index (χ0v) is 19.3. The number of rotatable bonds is 9. The number of aromatic nitrogens is 1. The maximum absolute atomic E-state index is 10.4. The normalized spacial score (nSPS) is 11.7. The second kappa shape index (κ2) is 10.7. The van der Waals surface area contributed by atoms with Gasteiger partial charge in [0, 0.05) is 36.1 Å². The second-order valence-electron chi connectivity index (χ2n) is 8.48. The molecule has 1 aromatic heterocycles. The first kappa shape index (κ1) is 23.1. The van der Waals surface area contributed by atoms with Crippen LogP contribution in [-0.4, -0.2) is 27.2 Å². The fourth-order valence-electron chi connectivity index (χ4n) is 4.18. The summed E-state index contributed by atoms with van der Waals surface area (Å²) in [6, 6.07) is 26.3. The van der Waals surface area contributed by atoms with Gasteiger partial charge in [0.2, 0.25) is 0 Å². The Balaban J connectivity index is 1.50. The molecule has 6 nitrogen and oxygen atoms in total. The largest absolute Gasteiger partial charge is 0.494 e. The van der Waals surface area contributed by atoms with Gasteiger partial charge in [0.05, 0.1) is 23.0 Å². The van der Waals surface area contributed by atoms with Crippen molar-refractivity contribution in [3.63, 3.8) is 0 Å². The van der Waals surface area contributed by atoms with E-state index >= 15 is 0 Å². The summed E-state index contributed by atoms with van der Waals surface area (Å²) < 4.78 is 0. The molecule has 3 aromatic carbocycles. The average Bonchev–Trinajstić information content (AvgIpc) is 3.16. The number of H-pyrrole nitrogens is 1. The summed E-state index contributed by atoms with van der Waals surface area (Å²) in [6.45, 7) is 4.39. The maximum atomic E-state index is 10.4. The van der Waals surface area contributed by atoms with E-state index in [0.717, 1.165) is 42.6 Å². The van der Waals surface area contributed by atoms with E-state index in [1.807, 2.05) is 37.3 Å². The van der Waals surface area contributed by atoms with Crippen LogP contribution in [0.2, 0.25) is 0 Å². The molecule has 34 heavy (non-hydrogen) atoms. The second-order valence-corrected chi connectivity index (χ2v) is 8.48. The van der Waals surface area contributed by atoms with Crippen LogP contribution in [0.3, 0.4) is 0 Å². The monoisotopic (exact) mass is 451 g/mol. The van der Waals surface area contributed by atoms with Crippen LogP contribution >= 0.6 is 0 Å². The zero-order valence-electron chi connectivity index (χ0n) is 19.3. The van der Waals surface area contributed by atoms with Gasteiger partial charge in [-0.2, -0.15) is 5.26 Å². The highest BCUT2D eigenvalue weighted by Crippen LogP contribution is 2.30. The number of aromatic amines is 1. The Morgan fingerprint density at radius 3 is 2.44 bits per heavy atom. The molecule has 172 valence electrons. The van der Waals surface area contributed by atoms with E-state index in [-0.39, 0.29) is 5.88 Å². The number of nitrogens with one attached hydrogen (secondary N) is 1. The molecular formula is C28H29N5O. The number of aliphatic imine (C=N–C) groups is 1. The van der Waals surface area contributed by atoms with Gasteiger partial charge in [-0.25, -0.2) is 0 Å². The van der Waals surface area contributed by atoms with Crippen LogP contribution in [0.15, 0.2) is 77.8 Å². The molecular weight excluding hydrogens is 422 g/mol. The Bertz CT molecular complexity index is 1320. The minimum Gasteiger partial charge on any atom is -0.494 e. The molecule has 0 aliphatic rings. The summed E-state index contributed by atoms with van der Waals surface area (Å²) in [7, 11) is 0. The smallest absolute Gasteiger partial charge is 0.198 e. The number of unbranched alkanes of at least 4 members (excludes halogenated alkanes) is 1. The number of fused-ring (bicyclic) bond motifs is 1. The first-order valence-electron chi connectivity index (χ1n) is 11.4. The van der Waals surface area contributed by atoms with Crippen molar-refractivity contribution < 1.29 is 5.11 Å². The van der Waals surface area contributed by atoms with Gasteiger partial charge in [-0.3, -0.25) is 9.89 Å². The van der Waals surface area contributed by atoms with E-state index in [2.05, 4.69) is 52.4 Å². The summed E-state index contributed by atoms with van der Waals surface area (Å²) in [5.41, 5.74) is 12.0. The van der Waals surface area contributed by atoms with Gasteiger partial charge in [-0.05, 0) is 61.3 Å². The number of nitrogen functional groups attached to an aromatic ring is 1. The number of anilines is 1. The molecule has 1 heterocycles. The molecule has 0 aliphatic heterocycles. The van der Waals surface area contributed by atoms with Crippen molar-refractivity contribution in [2.45, 2.75) is 32.9 Å². The van der Waals surface area contributed by atoms with Crippen molar-refractivity contribution >= 4 is 28.0 Å². The fraction of sp³-hybridized carbons (Fsp3) is 0.214. The number of benzene rings is 3. The van der Waals surface area contributed by atoms with Crippen LogP contribution in [-0.2, 0) is 13.1 Å². The number of aromatic hydroxyl groups is 1. The van der Waals surface area contributed by atoms with Crippen molar-refractivity contribution in [2.24, 2.45) is 4.99 Å². The molecule has 0 unspecified atom stereocenters. The molecule has 0 aliphatic carbocycles. The van der Waals surface area contributed by atoms with E-state index in [1.165, 1.54) is 11.1 Å². The van der Waals surface area contributed by atoms with Crippen LogP contribution in [0.1, 0.15) is 36.5 Å². The highest BCUT2D eigenvalue weighted by molar-refractivity contribution is 6.13. The molecule has 4 N–H and O–H groups in total. The Hall–Kier alpha value is -4.08. The van der Waals surface area contributed by atoms with Crippen molar-refractivity contribution in [1.82, 2.24) is 9.88 Å². The fourth-order valence-corrected chi connectivity index (χ4v) is 4.18. The molecule has 6 heteroatoms. The number of nitrogens with zero attached hydrogens (tertiary/aromatic N) is 3. The van der Waals surface area contributed by atoms with Crippen LogP contribution < -0.4 is 5.73 Å². The molecule has 0 radical (unpaired) electrons. The quantitative estimate of drug-likeness (QED) is 0.167. The van der Waals surface area contributed by atoms with E-state index < -0.39 is 0 Å². The van der Waals surface area contributed by atoms with Gasteiger partial charge in [0.15, 0.2) is 5.88 Å². The molecule has 0 spiro atoms. The highest BCUT2D eigenvalue weighted by atomic mass is 16.3. The van der Waals surface area contributed by atoms with Gasteiger partial charge < -0.3 is 15.8 Å².